The van der Waals surface area contributed by atoms with Gasteiger partial charge in [-0.1, -0.05) is 26.0 Å². The Morgan fingerprint density at radius 2 is 1.95 bits per heavy atom. The second-order valence-electron chi connectivity index (χ2n) is 10.1. The lowest BCUT2D eigenvalue weighted by Crippen LogP contribution is -2.57. The number of benzene rings is 1. The van der Waals surface area contributed by atoms with Gasteiger partial charge >= 0.3 is 0 Å². The van der Waals surface area contributed by atoms with Crippen LogP contribution in [-0.4, -0.2) is 88.8 Å². The van der Waals surface area contributed by atoms with Crippen LogP contribution in [0, 0.1) is 0 Å². The second-order valence-corrected chi connectivity index (χ2v) is 10.1. The predicted octanol–water partition coefficient (Wildman–Crippen LogP) is 2.60. The van der Waals surface area contributed by atoms with Crippen molar-refractivity contribution >= 4 is 17.6 Å². The summed E-state index contributed by atoms with van der Waals surface area (Å²) >= 11 is 0. The second kappa shape index (κ2) is 13.9. The summed E-state index contributed by atoms with van der Waals surface area (Å²) < 4.78 is 12.4. The Bertz CT molecular complexity index is 1250. The summed E-state index contributed by atoms with van der Waals surface area (Å²) in [5.74, 6) is 2.10. The van der Waals surface area contributed by atoms with E-state index in [9.17, 15) is 9.59 Å². The average molecular weight is 550 g/mol. The molecule has 1 unspecified atom stereocenters. The highest BCUT2D eigenvalue weighted by Crippen LogP contribution is 2.25. The predicted molar refractivity (Wildman–Crippen MR) is 152 cm³/mol. The maximum Gasteiger partial charge on any atom is 0.248 e. The van der Waals surface area contributed by atoms with Crippen molar-refractivity contribution in [1.82, 2.24) is 29.7 Å². The van der Waals surface area contributed by atoms with Gasteiger partial charge in [-0.3, -0.25) is 14.2 Å². The van der Waals surface area contributed by atoms with E-state index in [1.54, 1.807) is 28.2 Å². The number of hydrogen-bond donors (Lipinski definition) is 1. The summed E-state index contributed by atoms with van der Waals surface area (Å²) in [4.78, 5) is 43.4. The molecule has 1 aliphatic heterocycles. The Balaban J connectivity index is 1.49. The third-order valence-corrected chi connectivity index (χ3v) is 6.84. The number of piperazine rings is 1. The number of nitrogens with zero attached hydrogens (tertiary/aromatic N) is 6. The van der Waals surface area contributed by atoms with Gasteiger partial charge in [0, 0.05) is 58.2 Å². The van der Waals surface area contributed by atoms with Crippen LogP contribution in [0.25, 0.3) is 5.95 Å². The van der Waals surface area contributed by atoms with Gasteiger partial charge in [0.15, 0.2) is 0 Å². The molecule has 4 rings (SSSR count). The largest absolute Gasteiger partial charge is 0.494 e. The van der Waals surface area contributed by atoms with Gasteiger partial charge in [-0.2, -0.15) is 4.98 Å². The lowest BCUT2D eigenvalue weighted by atomic mass is 10.1. The first-order valence-electron chi connectivity index (χ1n) is 13.8. The van der Waals surface area contributed by atoms with Crippen LogP contribution < -0.4 is 15.0 Å². The molecule has 1 atom stereocenters. The van der Waals surface area contributed by atoms with E-state index in [0.29, 0.717) is 45.2 Å². The molecule has 1 N–H and O–H groups in total. The molecule has 11 heteroatoms. The van der Waals surface area contributed by atoms with Crippen LogP contribution in [0.15, 0.2) is 49.1 Å². The molecule has 1 aliphatic rings. The number of carbonyl (C=O) groups excluding carboxylic acids is 2. The highest BCUT2D eigenvalue weighted by Gasteiger charge is 2.32. The molecule has 40 heavy (non-hydrogen) atoms. The molecule has 214 valence electrons. The molecule has 2 aromatic heterocycles. The molecule has 1 saturated heterocycles. The first-order chi connectivity index (χ1) is 19.4. The van der Waals surface area contributed by atoms with Crippen LogP contribution >= 0.6 is 0 Å². The fraction of sp³-hybridized carbons (Fsp3) is 0.483. The van der Waals surface area contributed by atoms with E-state index in [2.05, 4.69) is 29.0 Å². The fourth-order valence-corrected chi connectivity index (χ4v) is 4.70. The smallest absolute Gasteiger partial charge is 0.248 e. The Hall–Kier alpha value is -3.99. The number of carbonyl (C=O) groups is 2. The van der Waals surface area contributed by atoms with Crippen molar-refractivity contribution in [2.45, 2.75) is 45.6 Å². The van der Waals surface area contributed by atoms with E-state index in [0.717, 1.165) is 22.8 Å². The Morgan fingerprint density at radius 3 is 2.62 bits per heavy atom. The quantitative estimate of drug-likeness (QED) is 0.367. The summed E-state index contributed by atoms with van der Waals surface area (Å²) in [7, 11) is 1.51. The Labute approximate surface area is 235 Å². The fourth-order valence-electron chi connectivity index (χ4n) is 4.70. The third kappa shape index (κ3) is 7.56. The van der Waals surface area contributed by atoms with Gasteiger partial charge in [-0.25, -0.2) is 9.97 Å². The first-order valence-corrected chi connectivity index (χ1v) is 13.8. The van der Waals surface area contributed by atoms with Crippen molar-refractivity contribution in [2.75, 3.05) is 51.4 Å². The Morgan fingerprint density at radius 1 is 1.15 bits per heavy atom. The van der Waals surface area contributed by atoms with Crippen LogP contribution in [0.2, 0.25) is 0 Å². The van der Waals surface area contributed by atoms with Crippen LogP contribution in [-0.2, 0) is 20.7 Å². The van der Waals surface area contributed by atoms with Crippen molar-refractivity contribution in [3.8, 4) is 11.7 Å². The third-order valence-electron chi connectivity index (χ3n) is 6.84. The molecule has 0 saturated carbocycles. The number of amides is 2. The zero-order valence-corrected chi connectivity index (χ0v) is 23.7. The minimum Gasteiger partial charge on any atom is -0.494 e. The van der Waals surface area contributed by atoms with Crippen molar-refractivity contribution in [3.63, 3.8) is 0 Å². The summed E-state index contributed by atoms with van der Waals surface area (Å²) in [5, 5.41) is 3.05. The highest BCUT2D eigenvalue weighted by atomic mass is 16.5. The molecule has 0 spiro atoms. The molecule has 1 aromatic carbocycles. The van der Waals surface area contributed by atoms with Gasteiger partial charge < -0.3 is 24.6 Å². The van der Waals surface area contributed by atoms with Gasteiger partial charge in [0.2, 0.25) is 17.8 Å². The summed E-state index contributed by atoms with van der Waals surface area (Å²) in [6, 6.07) is 9.63. The lowest BCUT2D eigenvalue weighted by molar-refractivity contribution is -0.136. The zero-order chi connectivity index (χ0) is 28.5. The van der Waals surface area contributed by atoms with Crippen molar-refractivity contribution in [1.29, 1.82) is 0 Å². The lowest BCUT2D eigenvalue weighted by Gasteiger charge is -2.42. The molecular formula is C29H39N7O4. The SMILES string of the molecule is CCOc1ccc(CCNC(=O)CC2CN(C(=O)COC)CCN2c2cc(C(C)C)nc(-n3ccnc3)n2)cc1. The molecule has 0 aliphatic carbocycles. The molecular weight excluding hydrogens is 510 g/mol. The standard InChI is InChI=1S/C29H39N7O4/c1-5-40-24-8-6-22(7-9-24)10-11-31-27(37)16-23-18-34(28(38)19-39-4)14-15-36(23)26-17-25(21(2)3)32-29(33-26)35-13-12-30-20-35/h6-9,12-13,17,20-21,23H,5,10-11,14-16,18-19H2,1-4H3,(H,31,37). The number of hydrogen-bond acceptors (Lipinski definition) is 8. The summed E-state index contributed by atoms with van der Waals surface area (Å²) in [5.41, 5.74) is 2.01. The van der Waals surface area contributed by atoms with E-state index in [1.165, 1.54) is 7.11 Å². The average Bonchev–Trinajstić information content (AvgIpc) is 3.49. The molecule has 3 aromatic rings. The van der Waals surface area contributed by atoms with E-state index in [4.69, 9.17) is 19.4 Å². The van der Waals surface area contributed by atoms with Gasteiger partial charge in [0.05, 0.1) is 18.3 Å². The summed E-state index contributed by atoms with van der Waals surface area (Å²) in [6.45, 7) is 8.73. The molecule has 3 heterocycles. The highest BCUT2D eigenvalue weighted by molar-refractivity contribution is 5.79. The molecule has 11 nitrogen and oxygen atoms in total. The number of imidazole rings is 1. The molecule has 0 bridgehead atoms. The first kappa shape index (κ1) is 29.0. The van der Waals surface area contributed by atoms with Crippen LogP contribution in [0.1, 0.15) is 44.4 Å². The van der Waals surface area contributed by atoms with Gasteiger partial charge in [-0.15, -0.1) is 0 Å². The van der Waals surface area contributed by atoms with E-state index in [-0.39, 0.29) is 36.8 Å². The molecule has 2 amide bonds. The minimum atomic E-state index is -0.259. The summed E-state index contributed by atoms with van der Waals surface area (Å²) in [6.07, 6.45) is 6.09. The van der Waals surface area contributed by atoms with Gasteiger partial charge in [-0.05, 0) is 37.0 Å². The van der Waals surface area contributed by atoms with Crippen LogP contribution in [0.5, 0.6) is 5.75 Å². The van der Waals surface area contributed by atoms with E-state index >= 15 is 0 Å². The van der Waals surface area contributed by atoms with Crippen molar-refractivity contribution in [3.05, 3.63) is 60.3 Å². The Kier molecular flexibility index (Phi) is 10.1. The topological polar surface area (TPSA) is 115 Å². The number of ether oxygens (including phenoxy) is 2. The normalized spacial score (nSPS) is 15.4. The zero-order valence-electron chi connectivity index (χ0n) is 23.7. The molecule has 0 radical (unpaired) electrons. The number of nitrogens with one attached hydrogen (secondary N) is 1. The van der Waals surface area contributed by atoms with Gasteiger partial charge in [0.1, 0.15) is 24.5 Å². The molecule has 1 fully saturated rings. The van der Waals surface area contributed by atoms with Crippen LogP contribution in [0.3, 0.4) is 0 Å². The maximum atomic E-state index is 13.1. The minimum absolute atomic E-state index is 0.0107. The van der Waals surface area contributed by atoms with Crippen molar-refractivity contribution < 1.29 is 19.1 Å². The number of methoxy groups -OCH3 is 1. The van der Waals surface area contributed by atoms with E-state index in [1.807, 2.05) is 37.3 Å². The monoisotopic (exact) mass is 549 g/mol. The number of aromatic nitrogens is 4. The number of rotatable bonds is 12. The van der Waals surface area contributed by atoms with Crippen molar-refractivity contribution in [2.24, 2.45) is 0 Å². The maximum absolute atomic E-state index is 13.1. The number of anilines is 1. The van der Waals surface area contributed by atoms with E-state index < -0.39 is 0 Å². The van der Waals surface area contributed by atoms with Gasteiger partial charge in [0.25, 0.3) is 0 Å². The van der Waals surface area contributed by atoms with Crippen LogP contribution in [0.4, 0.5) is 5.82 Å².